The van der Waals surface area contributed by atoms with Gasteiger partial charge in [0.25, 0.3) is 0 Å². The van der Waals surface area contributed by atoms with Crippen LogP contribution in [0.4, 0.5) is 0 Å². The van der Waals surface area contributed by atoms with Gasteiger partial charge in [0, 0.05) is 0 Å². The summed E-state index contributed by atoms with van der Waals surface area (Å²) < 4.78 is 4.50. The summed E-state index contributed by atoms with van der Waals surface area (Å²) in [5, 5.41) is 8.70. The van der Waals surface area contributed by atoms with Crippen molar-refractivity contribution in [3.8, 4) is 0 Å². The van der Waals surface area contributed by atoms with Crippen molar-refractivity contribution in [3.05, 3.63) is 0 Å². The first-order chi connectivity index (χ1) is 3.80. The molecule has 0 aromatic carbocycles. The van der Waals surface area contributed by atoms with Gasteiger partial charge in [-0.1, -0.05) is 0 Å². The average molecular weight is 116 g/mol. The van der Waals surface area contributed by atoms with Crippen LogP contribution in [0.1, 0.15) is 12.8 Å². The summed E-state index contributed by atoms with van der Waals surface area (Å²) in [5.74, 6) is -0.476. The monoisotopic (exact) mass is 116 g/mol. The highest BCUT2D eigenvalue weighted by atomic mass is 16.5. The van der Waals surface area contributed by atoms with Crippen molar-refractivity contribution in [1.82, 2.24) is 0 Å². The van der Waals surface area contributed by atoms with Gasteiger partial charge in [0.2, 0.25) is 0 Å². The Labute approximate surface area is 47.3 Å². The Morgan fingerprint density at radius 3 is 2.88 bits per heavy atom. The minimum absolute atomic E-state index is 0.468. The van der Waals surface area contributed by atoms with E-state index in [0.29, 0.717) is 13.0 Å². The highest BCUT2D eigenvalue weighted by molar-refractivity contribution is 5.74. The molecule has 3 nitrogen and oxygen atoms in total. The maximum Gasteiger partial charge on any atom is 0.334 e. The number of carbonyl (C=O) groups excluding carboxylic acids is 1. The Bertz CT molecular complexity index is 99.8. The lowest BCUT2D eigenvalue weighted by Crippen LogP contribution is -2.28. The summed E-state index contributed by atoms with van der Waals surface area (Å²) in [6, 6.07) is 0. The summed E-state index contributed by atoms with van der Waals surface area (Å²) in [5.41, 5.74) is 0. The molecule has 1 aliphatic heterocycles. The van der Waals surface area contributed by atoms with Crippen molar-refractivity contribution in [3.63, 3.8) is 0 Å². The lowest BCUT2D eigenvalue weighted by molar-refractivity contribution is -0.158. The molecular formula is C5H8O3. The average Bonchev–Trinajstić information content (AvgIpc) is 1.77. The van der Waals surface area contributed by atoms with Gasteiger partial charge in [0.05, 0.1) is 6.61 Å². The van der Waals surface area contributed by atoms with Crippen molar-refractivity contribution in [2.45, 2.75) is 18.9 Å². The van der Waals surface area contributed by atoms with E-state index in [1.807, 2.05) is 0 Å². The summed E-state index contributed by atoms with van der Waals surface area (Å²) in [6.45, 7) is 0.468. The number of ether oxygens (including phenoxy) is 1. The lowest BCUT2D eigenvalue weighted by atomic mass is 10.2. The molecule has 1 heterocycles. The molecule has 0 radical (unpaired) electrons. The maximum atomic E-state index is 10.3. The Kier molecular flexibility index (Phi) is 1.48. The van der Waals surface area contributed by atoms with Crippen molar-refractivity contribution >= 4 is 5.97 Å². The highest BCUT2D eigenvalue weighted by Gasteiger charge is 2.19. The molecule has 1 N–H and O–H groups in total. The first-order valence-corrected chi connectivity index (χ1v) is 2.65. The third-order valence-electron chi connectivity index (χ3n) is 1.14. The number of hydrogen-bond acceptors (Lipinski definition) is 3. The molecule has 1 rings (SSSR count). The quantitative estimate of drug-likeness (QED) is 0.441. The van der Waals surface area contributed by atoms with Crippen molar-refractivity contribution < 1.29 is 14.6 Å². The Morgan fingerprint density at radius 2 is 2.50 bits per heavy atom. The first-order valence-electron chi connectivity index (χ1n) is 2.65. The summed E-state index contributed by atoms with van der Waals surface area (Å²) >= 11 is 0. The minimum atomic E-state index is -0.858. The lowest BCUT2D eigenvalue weighted by Gasteiger charge is -2.14. The molecule has 0 amide bonds. The fourth-order valence-corrected chi connectivity index (χ4v) is 0.663. The molecule has 0 aromatic heterocycles. The van der Waals surface area contributed by atoms with Gasteiger partial charge in [-0.3, -0.25) is 0 Å². The van der Waals surface area contributed by atoms with E-state index in [4.69, 9.17) is 5.11 Å². The maximum absolute atomic E-state index is 10.3. The van der Waals surface area contributed by atoms with Gasteiger partial charge in [-0.25, -0.2) is 4.79 Å². The highest BCUT2D eigenvalue weighted by Crippen LogP contribution is 2.05. The van der Waals surface area contributed by atoms with Crippen LogP contribution in [0.25, 0.3) is 0 Å². The van der Waals surface area contributed by atoms with E-state index in [1.54, 1.807) is 0 Å². The van der Waals surface area contributed by atoms with Crippen LogP contribution in [0.15, 0.2) is 0 Å². The second kappa shape index (κ2) is 2.13. The topological polar surface area (TPSA) is 46.5 Å². The van der Waals surface area contributed by atoms with E-state index < -0.39 is 12.1 Å². The number of esters is 1. The van der Waals surface area contributed by atoms with Gasteiger partial charge in [-0.05, 0) is 12.8 Å². The fourth-order valence-electron chi connectivity index (χ4n) is 0.663. The second-order valence-electron chi connectivity index (χ2n) is 1.83. The SMILES string of the molecule is O=C1OCCC[C@H]1O. The van der Waals surface area contributed by atoms with Crippen LogP contribution in [0.3, 0.4) is 0 Å². The number of cyclic esters (lactones) is 1. The number of carbonyl (C=O) groups is 1. The number of aliphatic hydroxyl groups excluding tert-OH is 1. The van der Waals surface area contributed by atoms with Gasteiger partial charge in [0.15, 0.2) is 6.10 Å². The van der Waals surface area contributed by atoms with E-state index in [2.05, 4.69) is 4.74 Å². The molecule has 0 spiro atoms. The Hall–Kier alpha value is -0.570. The molecule has 46 valence electrons. The molecule has 0 aliphatic carbocycles. The van der Waals surface area contributed by atoms with Gasteiger partial charge < -0.3 is 9.84 Å². The smallest absolute Gasteiger partial charge is 0.334 e. The molecule has 0 bridgehead atoms. The molecule has 1 saturated heterocycles. The molecule has 3 heteroatoms. The van der Waals surface area contributed by atoms with Crippen LogP contribution in [-0.2, 0) is 9.53 Å². The molecule has 1 atom stereocenters. The largest absolute Gasteiger partial charge is 0.464 e. The van der Waals surface area contributed by atoms with E-state index >= 15 is 0 Å². The van der Waals surface area contributed by atoms with Crippen LogP contribution in [0, 0.1) is 0 Å². The molecule has 1 aliphatic rings. The minimum Gasteiger partial charge on any atom is -0.464 e. The molecule has 8 heavy (non-hydrogen) atoms. The Balaban J connectivity index is 2.39. The van der Waals surface area contributed by atoms with Crippen LogP contribution in [0.2, 0.25) is 0 Å². The van der Waals surface area contributed by atoms with Crippen molar-refractivity contribution in [2.75, 3.05) is 6.61 Å². The van der Waals surface area contributed by atoms with Gasteiger partial charge in [-0.2, -0.15) is 0 Å². The van der Waals surface area contributed by atoms with Crippen LogP contribution in [-0.4, -0.2) is 23.8 Å². The zero-order valence-corrected chi connectivity index (χ0v) is 4.46. The van der Waals surface area contributed by atoms with Crippen molar-refractivity contribution in [2.24, 2.45) is 0 Å². The molecule has 1 fully saturated rings. The van der Waals surface area contributed by atoms with E-state index in [1.165, 1.54) is 0 Å². The third-order valence-corrected chi connectivity index (χ3v) is 1.14. The summed E-state index contributed by atoms with van der Waals surface area (Å²) in [6.07, 6.45) is 0.481. The Morgan fingerprint density at radius 1 is 1.75 bits per heavy atom. The predicted octanol–water partition coefficient (Wildman–Crippen LogP) is -0.316. The number of hydrogen-bond donors (Lipinski definition) is 1. The normalized spacial score (nSPS) is 29.6. The van der Waals surface area contributed by atoms with E-state index in [0.717, 1.165) is 6.42 Å². The molecule has 0 aromatic rings. The zero-order valence-electron chi connectivity index (χ0n) is 4.46. The van der Waals surface area contributed by atoms with Gasteiger partial charge >= 0.3 is 5.97 Å². The van der Waals surface area contributed by atoms with Gasteiger partial charge in [-0.15, -0.1) is 0 Å². The summed E-state index contributed by atoms with van der Waals surface area (Å²) in [4.78, 5) is 10.3. The standard InChI is InChI=1S/C5H8O3/c6-4-2-1-3-8-5(4)7/h4,6H,1-3H2/t4-/m1/s1. The van der Waals surface area contributed by atoms with Crippen LogP contribution < -0.4 is 0 Å². The number of aliphatic hydroxyl groups is 1. The number of rotatable bonds is 0. The third kappa shape index (κ3) is 0.980. The second-order valence-corrected chi connectivity index (χ2v) is 1.83. The van der Waals surface area contributed by atoms with E-state index in [9.17, 15) is 4.79 Å². The van der Waals surface area contributed by atoms with Crippen LogP contribution >= 0.6 is 0 Å². The van der Waals surface area contributed by atoms with Crippen LogP contribution in [0.5, 0.6) is 0 Å². The summed E-state index contributed by atoms with van der Waals surface area (Å²) in [7, 11) is 0. The first kappa shape index (κ1) is 5.56. The predicted molar refractivity (Wildman–Crippen MR) is 26.2 cm³/mol. The fraction of sp³-hybridized carbons (Fsp3) is 0.800. The molecule has 0 saturated carbocycles. The molecular weight excluding hydrogens is 108 g/mol. The van der Waals surface area contributed by atoms with Gasteiger partial charge in [0.1, 0.15) is 0 Å². The van der Waals surface area contributed by atoms with Crippen molar-refractivity contribution in [1.29, 1.82) is 0 Å². The zero-order chi connectivity index (χ0) is 5.98. The van der Waals surface area contributed by atoms with E-state index in [-0.39, 0.29) is 0 Å². The molecule has 0 unspecified atom stereocenters.